The lowest BCUT2D eigenvalue weighted by atomic mass is 10.1. The van der Waals surface area contributed by atoms with Crippen LogP contribution in [0.3, 0.4) is 0 Å². The van der Waals surface area contributed by atoms with E-state index in [-0.39, 0.29) is 6.04 Å². The van der Waals surface area contributed by atoms with Crippen LogP contribution in [-0.2, 0) is 0 Å². The number of methoxy groups -OCH3 is 1. The molecule has 1 saturated carbocycles. The quantitative estimate of drug-likeness (QED) is 0.663. The number of piperidine rings is 1. The van der Waals surface area contributed by atoms with E-state index in [2.05, 4.69) is 20.6 Å². The summed E-state index contributed by atoms with van der Waals surface area (Å²) in [7, 11) is 1.65. The maximum absolute atomic E-state index is 14.2. The first-order valence-electron chi connectivity index (χ1n) is 9.85. The molecule has 1 aliphatic heterocycles. The first kappa shape index (κ1) is 18.6. The van der Waals surface area contributed by atoms with Gasteiger partial charge in [-0.05, 0) is 37.9 Å². The summed E-state index contributed by atoms with van der Waals surface area (Å²) in [5, 5.41) is 11.7. The van der Waals surface area contributed by atoms with Crippen molar-refractivity contribution in [2.45, 2.75) is 37.4 Å². The lowest BCUT2D eigenvalue weighted by Crippen LogP contribution is -2.46. The van der Waals surface area contributed by atoms with Crippen LogP contribution in [0.2, 0.25) is 5.02 Å². The van der Waals surface area contributed by atoms with Gasteiger partial charge in [0.15, 0.2) is 5.65 Å². The van der Waals surface area contributed by atoms with Gasteiger partial charge in [-0.15, -0.1) is 0 Å². The summed E-state index contributed by atoms with van der Waals surface area (Å²) in [6.07, 6.45) is 3.49. The molecule has 0 bridgehead atoms. The van der Waals surface area contributed by atoms with Gasteiger partial charge in [0, 0.05) is 18.5 Å². The standard InChI is InChI=1S/C20H22ClFN6O/c1-29-16-8-18-24-10-15(28(18)27-19(16)11-2-3-11)20-12(21)4-5-17(26-20)25-14-9-23-7-6-13(14)22/h4-5,8,10-11,13-14,23H,2-3,6-7,9H2,1H3,(H,25,26)/t13-,14?/m1/s1. The van der Waals surface area contributed by atoms with Gasteiger partial charge >= 0.3 is 0 Å². The molecule has 0 aromatic carbocycles. The first-order valence-corrected chi connectivity index (χ1v) is 10.2. The number of nitrogens with one attached hydrogen (secondary N) is 2. The van der Waals surface area contributed by atoms with Crippen molar-refractivity contribution in [2.24, 2.45) is 0 Å². The van der Waals surface area contributed by atoms with Gasteiger partial charge < -0.3 is 15.4 Å². The average Bonchev–Trinajstić information content (AvgIpc) is 3.50. The molecule has 1 saturated heterocycles. The monoisotopic (exact) mass is 416 g/mol. The van der Waals surface area contributed by atoms with Crippen LogP contribution in [0, 0.1) is 0 Å². The zero-order valence-electron chi connectivity index (χ0n) is 16.0. The van der Waals surface area contributed by atoms with Gasteiger partial charge in [-0.2, -0.15) is 5.10 Å². The van der Waals surface area contributed by atoms with Crippen LogP contribution in [-0.4, -0.2) is 52.0 Å². The van der Waals surface area contributed by atoms with E-state index in [0.717, 1.165) is 24.3 Å². The number of aromatic nitrogens is 4. The summed E-state index contributed by atoms with van der Waals surface area (Å²) in [6, 6.07) is 5.10. The van der Waals surface area contributed by atoms with Gasteiger partial charge in [-0.25, -0.2) is 18.9 Å². The second-order valence-corrected chi connectivity index (χ2v) is 7.98. The topological polar surface area (TPSA) is 76.4 Å². The Balaban J connectivity index is 1.53. The van der Waals surface area contributed by atoms with E-state index in [0.29, 0.717) is 53.3 Å². The van der Waals surface area contributed by atoms with Crippen molar-refractivity contribution < 1.29 is 9.13 Å². The van der Waals surface area contributed by atoms with Gasteiger partial charge in [-0.3, -0.25) is 0 Å². The molecular weight excluding hydrogens is 395 g/mol. The molecule has 1 aliphatic carbocycles. The summed E-state index contributed by atoms with van der Waals surface area (Å²) < 4.78 is 21.5. The van der Waals surface area contributed by atoms with Crippen LogP contribution in [0.15, 0.2) is 24.4 Å². The minimum atomic E-state index is -0.914. The summed E-state index contributed by atoms with van der Waals surface area (Å²) in [5.41, 5.74) is 2.84. The summed E-state index contributed by atoms with van der Waals surface area (Å²) in [5.74, 6) is 1.75. The molecule has 2 atom stereocenters. The fourth-order valence-corrected chi connectivity index (χ4v) is 3.94. The van der Waals surface area contributed by atoms with E-state index in [1.54, 1.807) is 30.0 Å². The highest BCUT2D eigenvalue weighted by molar-refractivity contribution is 6.33. The lowest BCUT2D eigenvalue weighted by molar-refractivity contribution is 0.241. The van der Waals surface area contributed by atoms with E-state index in [9.17, 15) is 4.39 Å². The Hall–Kier alpha value is -2.45. The van der Waals surface area contributed by atoms with Crippen molar-refractivity contribution >= 4 is 23.1 Å². The molecule has 0 radical (unpaired) electrons. The number of hydrogen-bond acceptors (Lipinski definition) is 6. The minimum absolute atomic E-state index is 0.323. The smallest absolute Gasteiger partial charge is 0.157 e. The Morgan fingerprint density at radius 3 is 2.93 bits per heavy atom. The molecule has 7 nitrogen and oxygen atoms in total. The summed E-state index contributed by atoms with van der Waals surface area (Å²) >= 11 is 6.46. The highest BCUT2D eigenvalue weighted by Gasteiger charge is 2.30. The predicted molar refractivity (Wildman–Crippen MR) is 110 cm³/mol. The van der Waals surface area contributed by atoms with Crippen LogP contribution in [0.1, 0.15) is 30.9 Å². The Bertz CT molecular complexity index is 1050. The zero-order chi connectivity index (χ0) is 20.0. The van der Waals surface area contributed by atoms with Crippen molar-refractivity contribution in [3.63, 3.8) is 0 Å². The van der Waals surface area contributed by atoms with Crippen LogP contribution in [0.4, 0.5) is 10.2 Å². The SMILES string of the molecule is COc1cc2ncc(-c3nc(NC4CNCC[C@H]4F)ccc3Cl)n2nc1C1CC1. The van der Waals surface area contributed by atoms with Crippen molar-refractivity contribution in [3.05, 3.63) is 35.1 Å². The molecule has 0 amide bonds. The van der Waals surface area contributed by atoms with E-state index in [1.165, 1.54) is 0 Å². The van der Waals surface area contributed by atoms with Crippen LogP contribution < -0.4 is 15.4 Å². The fraction of sp³-hybridized carbons (Fsp3) is 0.450. The third kappa shape index (κ3) is 3.51. The number of halogens is 2. The molecule has 3 aromatic rings. The van der Waals surface area contributed by atoms with E-state index < -0.39 is 6.17 Å². The molecule has 2 aliphatic rings. The van der Waals surface area contributed by atoms with Gasteiger partial charge in [0.2, 0.25) is 0 Å². The maximum Gasteiger partial charge on any atom is 0.157 e. The van der Waals surface area contributed by atoms with Crippen LogP contribution >= 0.6 is 11.6 Å². The minimum Gasteiger partial charge on any atom is -0.495 e. The van der Waals surface area contributed by atoms with E-state index in [1.807, 2.05) is 6.07 Å². The molecule has 152 valence electrons. The highest BCUT2D eigenvalue weighted by Crippen LogP contribution is 2.43. The Labute approximate surface area is 172 Å². The number of rotatable bonds is 5. The average molecular weight is 417 g/mol. The van der Waals surface area contributed by atoms with E-state index >= 15 is 0 Å². The number of ether oxygens (including phenoxy) is 1. The van der Waals surface area contributed by atoms with Crippen molar-refractivity contribution in [2.75, 3.05) is 25.5 Å². The molecule has 2 N–H and O–H groups in total. The van der Waals surface area contributed by atoms with Gasteiger partial charge in [0.1, 0.15) is 34.8 Å². The summed E-state index contributed by atoms with van der Waals surface area (Å²) in [4.78, 5) is 9.11. The molecule has 3 aromatic heterocycles. The van der Waals surface area contributed by atoms with Crippen molar-refractivity contribution in [1.29, 1.82) is 0 Å². The Kier molecular flexibility index (Phi) is 4.75. The Morgan fingerprint density at radius 1 is 1.31 bits per heavy atom. The normalized spacial score (nSPS) is 22.0. The predicted octanol–water partition coefficient (Wildman–Crippen LogP) is 3.44. The largest absolute Gasteiger partial charge is 0.495 e. The number of imidazole rings is 1. The van der Waals surface area contributed by atoms with Crippen molar-refractivity contribution in [3.8, 4) is 17.1 Å². The van der Waals surface area contributed by atoms with Crippen LogP contribution in [0.5, 0.6) is 5.75 Å². The molecule has 5 rings (SSSR count). The number of fused-ring (bicyclic) bond motifs is 1. The number of alkyl halides is 1. The lowest BCUT2D eigenvalue weighted by Gasteiger charge is -2.28. The number of pyridine rings is 1. The molecule has 29 heavy (non-hydrogen) atoms. The fourth-order valence-electron chi connectivity index (χ4n) is 3.74. The number of nitrogens with zero attached hydrogens (tertiary/aromatic N) is 4. The number of anilines is 1. The molecular formula is C20H22ClFN6O. The molecule has 2 fully saturated rings. The van der Waals surface area contributed by atoms with Crippen LogP contribution in [0.25, 0.3) is 17.0 Å². The molecule has 1 unspecified atom stereocenters. The van der Waals surface area contributed by atoms with Gasteiger partial charge in [-0.1, -0.05) is 11.6 Å². The second-order valence-electron chi connectivity index (χ2n) is 7.57. The van der Waals surface area contributed by atoms with Gasteiger partial charge in [0.25, 0.3) is 0 Å². The third-order valence-electron chi connectivity index (χ3n) is 5.49. The Morgan fingerprint density at radius 2 is 2.17 bits per heavy atom. The molecule has 9 heteroatoms. The van der Waals surface area contributed by atoms with Gasteiger partial charge in [0.05, 0.1) is 24.4 Å². The van der Waals surface area contributed by atoms with E-state index in [4.69, 9.17) is 21.4 Å². The third-order valence-corrected chi connectivity index (χ3v) is 5.79. The highest BCUT2D eigenvalue weighted by atomic mass is 35.5. The molecule has 4 heterocycles. The maximum atomic E-state index is 14.2. The molecule has 0 spiro atoms. The summed E-state index contributed by atoms with van der Waals surface area (Å²) in [6.45, 7) is 1.25. The number of hydrogen-bond donors (Lipinski definition) is 2. The second kappa shape index (κ2) is 7.42. The zero-order valence-corrected chi connectivity index (χ0v) is 16.8. The van der Waals surface area contributed by atoms with Crippen molar-refractivity contribution in [1.82, 2.24) is 24.9 Å². The first-order chi connectivity index (χ1) is 14.1.